The molecule has 0 radical (unpaired) electrons. The Kier molecular flexibility index (Phi) is 6.87. The van der Waals surface area contributed by atoms with Gasteiger partial charge < -0.3 is 20.5 Å². The summed E-state index contributed by atoms with van der Waals surface area (Å²) < 4.78 is 11.0. The minimum absolute atomic E-state index is 0.161. The maximum Gasteiger partial charge on any atom is 0.234 e. The number of carbonyl (C=O) groups is 1. The first kappa shape index (κ1) is 16.3. The standard InChI is InChI=1S/C15H24N2O3/c1-4-19-12-6-5-7-13(10-12)20-9-8-17-14(11(2)3)15(16)18/h5-7,10-11,14,17H,4,8-9H2,1-3H3,(H2,16,18)/t14-/m0/s1. The van der Waals surface area contributed by atoms with Gasteiger partial charge in [0.1, 0.15) is 18.1 Å². The normalized spacial score (nSPS) is 12.2. The van der Waals surface area contributed by atoms with Gasteiger partial charge in [-0.2, -0.15) is 0 Å². The number of benzene rings is 1. The lowest BCUT2D eigenvalue weighted by atomic mass is 10.0. The average molecular weight is 280 g/mol. The molecule has 0 spiro atoms. The molecule has 0 aliphatic carbocycles. The number of hydrogen-bond donors (Lipinski definition) is 2. The van der Waals surface area contributed by atoms with E-state index in [2.05, 4.69) is 5.32 Å². The van der Waals surface area contributed by atoms with E-state index in [1.54, 1.807) is 0 Å². The van der Waals surface area contributed by atoms with Crippen LogP contribution in [0.15, 0.2) is 24.3 Å². The molecule has 0 saturated carbocycles. The molecule has 3 N–H and O–H groups in total. The van der Waals surface area contributed by atoms with Crippen molar-refractivity contribution in [3.8, 4) is 11.5 Å². The number of ether oxygens (including phenoxy) is 2. The lowest BCUT2D eigenvalue weighted by Gasteiger charge is -2.19. The minimum atomic E-state index is -0.335. The van der Waals surface area contributed by atoms with Gasteiger partial charge in [-0.1, -0.05) is 19.9 Å². The lowest BCUT2D eigenvalue weighted by Crippen LogP contribution is -2.46. The van der Waals surface area contributed by atoms with E-state index < -0.39 is 0 Å². The van der Waals surface area contributed by atoms with Gasteiger partial charge in [-0.15, -0.1) is 0 Å². The van der Waals surface area contributed by atoms with Crippen molar-refractivity contribution in [2.75, 3.05) is 19.8 Å². The summed E-state index contributed by atoms with van der Waals surface area (Å²) in [5.41, 5.74) is 5.33. The van der Waals surface area contributed by atoms with Crippen molar-refractivity contribution >= 4 is 5.91 Å². The molecule has 0 unspecified atom stereocenters. The molecule has 1 amide bonds. The second-order valence-corrected chi connectivity index (χ2v) is 4.83. The summed E-state index contributed by atoms with van der Waals surface area (Å²) in [6.07, 6.45) is 0. The van der Waals surface area contributed by atoms with Gasteiger partial charge in [0.15, 0.2) is 0 Å². The van der Waals surface area contributed by atoms with Gasteiger partial charge in [0.25, 0.3) is 0 Å². The fraction of sp³-hybridized carbons (Fsp3) is 0.533. The summed E-state index contributed by atoms with van der Waals surface area (Å²) in [5.74, 6) is 1.36. The number of nitrogens with one attached hydrogen (secondary N) is 1. The van der Waals surface area contributed by atoms with Gasteiger partial charge in [0.05, 0.1) is 12.6 Å². The Morgan fingerprint density at radius 2 is 1.95 bits per heavy atom. The Morgan fingerprint density at radius 3 is 2.50 bits per heavy atom. The number of carbonyl (C=O) groups excluding carboxylic acids is 1. The van der Waals surface area contributed by atoms with Crippen LogP contribution in [0.25, 0.3) is 0 Å². The number of nitrogens with two attached hydrogens (primary N) is 1. The molecule has 0 aliphatic rings. The van der Waals surface area contributed by atoms with Crippen molar-refractivity contribution in [2.24, 2.45) is 11.7 Å². The first-order valence-electron chi connectivity index (χ1n) is 6.93. The summed E-state index contributed by atoms with van der Waals surface area (Å²) in [7, 11) is 0. The molecule has 0 aliphatic heterocycles. The van der Waals surface area contributed by atoms with Crippen molar-refractivity contribution in [2.45, 2.75) is 26.8 Å². The van der Waals surface area contributed by atoms with E-state index >= 15 is 0 Å². The van der Waals surface area contributed by atoms with Crippen LogP contribution < -0.4 is 20.5 Å². The number of rotatable bonds is 9. The van der Waals surface area contributed by atoms with Gasteiger partial charge >= 0.3 is 0 Å². The van der Waals surface area contributed by atoms with Gasteiger partial charge in [-0.05, 0) is 25.0 Å². The van der Waals surface area contributed by atoms with Crippen molar-refractivity contribution in [3.63, 3.8) is 0 Å². The van der Waals surface area contributed by atoms with E-state index in [0.29, 0.717) is 19.8 Å². The number of primary amides is 1. The Labute approximate surface area is 120 Å². The molecule has 0 saturated heterocycles. The maximum absolute atomic E-state index is 11.2. The van der Waals surface area contributed by atoms with Crippen molar-refractivity contribution in [1.29, 1.82) is 0 Å². The van der Waals surface area contributed by atoms with Crippen molar-refractivity contribution in [1.82, 2.24) is 5.32 Å². The molecule has 1 atom stereocenters. The Bertz CT molecular complexity index is 421. The number of hydrogen-bond acceptors (Lipinski definition) is 4. The first-order chi connectivity index (χ1) is 9.54. The van der Waals surface area contributed by atoms with E-state index in [1.807, 2.05) is 45.0 Å². The quantitative estimate of drug-likeness (QED) is 0.673. The van der Waals surface area contributed by atoms with Crippen LogP contribution in [0.2, 0.25) is 0 Å². The molecular formula is C15H24N2O3. The van der Waals surface area contributed by atoms with Crippen molar-refractivity contribution < 1.29 is 14.3 Å². The van der Waals surface area contributed by atoms with Gasteiger partial charge in [-0.25, -0.2) is 0 Å². The van der Waals surface area contributed by atoms with E-state index in [1.165, 1.54) is 0 Å². The van der Waals surface area contributed by atoms with Crippen LogP contribution in [-0.4, -0.2) is 31.7 Å². The highest BCUT2D eigenvalue weighted by Crippen LogP contribution is 2.19. The van der Waals surface area contributed by atoms with Gasteiger partial charge in [0.2, 0.25) is 5.91 Å². The highest BCUT2D eigenvalue weighted by atomic mass is 16.5. The molecule has 0 heterocycles. The molecular weight excluding hydrogens is 256 g/mol. The SMILES string of the molecule is CCOc1cccc(OCCN[C@H](C(N)=O)C(C)C)c1. The van der Waals surface area contributed by atoms with Crippen LogP contribution in [0.5, 0.6) is 11.5 Å². The first-order valence-corrected chi connectivity index (χ1v) is 6.93. The molecule has 1 aromatic rings. The van der Waals surface area contributed by atoms with Crippen molar-refractivity contribution in [3.05, 3.63) is 24.3 Å². The molecule has 20 heavy (non-hydrogen) atoms. The highest BCUT2D eigenvalue weighted by molar-refractivity contribution is 5.80. The second kappa shape index (κ2) is 8.43. The maximum atomic E-state index is 11.2. The van der Waals surface area contributed by atoms with Crippen LogP contribution in [0.3, 0.4) is 0 Å². The van der Waals surface area contributed by atoms with Gasteiger partial charge in [0, 0.05) is 12.6 Å². The monoisotopic (exact) mass is 280 g/mol. The van der Waals surface area contributed by atoms with Crippen LogP contribution in [-0.2, 0) is 4.79 Å². The molecule has 1 rings (SSSR count). The third-order valence-corrected chi connectivity index (χ3v) is 2.82. The zero-order chi connectivity index (χ0) is 15.0. The Balaban J connectivity index is 2.37. The van der Waals surface area contributed by atoms with Crippen LogP contribution >= 0.6 is 0 Å². The van der Waals surface area contributed by atoms with Crippen LogP contribution in [0, 0.1) is 5.92 Å². The lowest BCUT2D eigenvalue weighted by molar-refractivity contribution is -0.121. The largest absolute Gasteiger partial charge is 0.494 e. The third kappa shape index (κ3) is 5.48. The van der Waals surface area contributed by atoms with Gasteiger partial charge in [-0.3, -0.25) is 4.79 Å². The van der Waals surface area contributed by atoms with E-state index in [-0.39, 0.29) is 17.9 Å². The van der Waals surface area contributed by atoms with E-state index in [9.17, 15) is 4.79 Å². The Hall–Kier alpha value is -1.75. The zero-order valence-electron chi connectivity index (χ0n) is 12.4. The van der Waals surface area contributed by atoms with E-state index in [4.69, 9.17) is 15.2 Å². The molecule has 5 heteroatoms. The molecule has 1 aromatic carbocycles. The fourth-order valence-electron chi connectivity index (χ4n) is 1.87. The summed E-state index contributed by atoms with van der Waals surface area (Å²) in [5, 5.41) is 3.10. The summed E-state index contributed by atoms with van der Waals surface area (Å²) in [4.78, 5) is 11.2. The second-order valence-electron chi connectivity index (χ2n) is 4.83. The smallest absolute Gasteiger partial charge is 0.234 e. The van der Waals surface area contributed by atoms with Crippen LogP contribution in [0.1, 0.15) is 20.8 Å². The molecule has 0 fully saturated rings. The summed E-state index contributed by atoms with van der Waals surface area (Å²) in [6.45, 7) is 7.49. The zero-order valence-corrected chi connectivity index (χ0v) is 12.4. The average Bonchev–Trinajstić information content (AvgIpc) is 2.38. The molecule has 0 bridgehead atoms. The molecule has 0 aromatic heterocycles. The highest BCUT2D eigenvalue weighted by Gasteiger charge is 2.17. The summed E-state index contributed by atoms with van der Waals surface area (Å²) in [6, 6.07) is 7.16. The summed E-state index contributed by atoms with van der Waals surface area (Å²) >= 11 is 0. The molecule has 5 nitrogen and oxygen atoms in total. The fourth-order valence-corrected chi connectivity index (χ4v) is 1.87. The topological polar surface area (TPSA) is 73.6 Å². The van der Waals surface area contributed by atoms with Crippen LogP contribution in [0.4, 0.5) is 0 Å². The third-order valence-electron chi connectivity index (χ3n) is 2.82. The molecule has 112 valence electrons. The predicted molar refractivity (Wildman–Crippen MR) is 78.9 cm³/mol. The minimum Gasteiger partial charge on any atom is -0.494 e. The number of amides is 1. The van der Waals surface area contributed by atoms with E-state index in [0.717, 1.165) is 11.5 Å². The predicted octanol–water partition coefficient (Wildman–Crippen LogP) is 1.56. The Morgan fingerprint density at radius 1 is 1.30 bits per heavy atom.